The maximum absolute atomic E-state index is 13.3. The zero-order chi connectivity index (χ0) is 19.7. The lowest BCUT2D eigenvalue weighted by Gasteiger charge is -2.25. The second kappa shape index (κ2) is 7.55. The minimum atomic E-state index is -3.61. The monoisotopic (exact) mass is 421 g/mol. The third-order valence-corrected chi connectivity index (χ3v) is 7.10. The van der Waals surface area contributed by atoms with E-state index in [1.165, 1.54) is 28.6 Å². The van der Waals surface area contributed by atoms with E-state index in [0.717, 1.165) is 17.4 Å². The fourth-order valence-corrected chi connectivity index (χ4v) is 5.26. The Morgan fingerprint density at radius 2 is 1.96 bits per heavy atom. The third kappa shape index (κ3) is 3.76. The van der Waals surface area contributed by atoms with Crippen molar-refractivity contribution in [2.24, 2.45) is 0 Å². The SMILES string of the molecule is O=C(Nc1nc2ccc(S(=O)(=O)N3CCOCC3)cc2s1)c1cccc(F)c1. The molecule has 3 aromatic rings. The van der Waals surface area contributed by atoms with E-state index in [-0.39, 0.29) is 10.5 Å². The molecular formula is C18H16FN3O4S2. The number of anilines is 1. The fourth-order valence-electron chi connectivity index (χ4n) is 2.85. The van der Waals surface area contributed by atoms with Gasteiger partial charge >= 0.3 is 0 Å². The van der Waals surface area contributed by atoms with E-state index in [4.69, 9.17) is 4.74 Å². The molecule has 0 spiro atoms. The molecule has 1 N–H and O–H groups in total. The Labute approximate surface area is 164 Å². The van der Waals surface area contributed by atoms with Gasteiger partial charge in [0.05, 0.1) is 28.3 Å². The van der Waals surface area contributed by atoms with Crippen LogP contribution in [0.2, 0.25) is 0 Å². The van der Waals surface area contributed by atoms with Crippen LogP contribution in [0.4, 0.5) is 9.52 Å². The Hall–Kier alpha value is -2.40. The van der Waals surface area contributed by atoms with Crippen molar-refractivity contribution in [1.82, 2.24) is 9.29 Å². The number of ether oxygens (including phenoxy) is 1. The summed E-state index contributed by atoms with van der Waals surface area (Å²) in [6.07, 6.45) is 0. The van der Waals surface area contributed by atoms with E-state index in [9.17, 15) is 17.6 Å². The van der Waals surface area contributed by atoms with Gasteiger partial charge in [-0.15, -0.1) is 0 Å². The van der Waals surface area contributed by atoms with Crippen molar-refractivity contribution in [3.63, 3.8) is 0 Å². The summed E-state index contributed by atoms with van der Waals surface area (Å²) >= 11 is 1.16. The lowest BCUT2D eigenvalue weighted by Crippen LogP contribution is -2.40. The predicted molar refractivity (Wildman–Crippen MR) is 104 cm³/mol. The van der Waals surface area contributed by atoms with Crippen LogP contribution in [0.25, 0.3) is 10.2 Å². The van der Waals surface area contributed by atoms with Crippen LogP contribution in [0.15, 0.2) is 47.4 Å². The highest BCUT2D eigenvalue weighted by atomic mass is 32.2. The molecular weight excluding hydrogens is 405 g/mol. The Morgan fingerprint density at radius 3 is 2.71 bits per heavy atom. The van der Waals surface area contributed by atoms with Gasteiger partial charge in [0, 0.05) is 18.7 Å². The molecule has 2 heterocycles. The molecule has 1 fully saturated rings. The molecule has 1 aliphatic rings. The van der Waals surface area contributed by atoms with E-state index in [1.54, 1.807) is 12.1 Å². The first kappa shape index (κ1) is 18.9. The summed E-state index contributed by atoms with van der Waals surface area (Å²) in [5, 5.41) is 2.93. The van der Waals surface area contributed by atoms with Gasteiger partial charge in [0.2, 0.25) is 10.0 Å². The summed E-state index contributed by atoms with van der Waals surface area (Å²) in [6, 6.07) is 10.0. The summed E-state index contributed by atoms with van der Waals surface area (Å²) in [5.74, 6) is -0.991. The number of benzene rings is 2. The summed E-state index contributed by atoms with van der Waals surface area (Å²) in [7, 11) is -3.61. The Balaban J connectivity index is 1.59. The molecule has 7 nitrogen and oxygen atoms in total. The van der Waals surface area contributed by atoms with Gasteiger partial charge in [-0.2, -0.15) is 4.31 Å². The number of thiazole rings is 1. The number of halogens is 1. The molecule has 1 saturated heterocycles. The second-order valence-electron chi connectivity index (χ2n) is 6.13. The first-order valence-corrected chi connectivity index (χ1v) is 10.7. The lowest BCUT2D eigenvalue weighted by molar-refractivity contribution is 0.0730. The van der Waals surface area contributed by atoms with Crippen LogP contribution >= 0.6 is 11.3 Å². The summed E-state index contributed by atoms with van der Waals surface area (Å²) in [5.41, 5.74) is 0.746. The summed E-state index contributed by atoms with van der Waals surface area (Å²) in [4.78, 5) is 16.7. The molecule has 1 aromatic heterocycles. The average molecular weight is 421 g/mol. The van der Waals surface area contributed by atoms with Crippen molar-refractivity contribution in [3.8, 4) is 0 Å². The molecule has 0 unspecified atom stereocenters. The van der Waals surface area contributed by atoms with Crippen molar-refractivity contribution in [2.45, 2.75) is 4.90 Å². The standard InChI is InChI=1S/C18H16FN3O4S2/c19-13-3-1-2-12(10-13)17(23)21-18-20-15-5-4-14(11-16(15)27-18)28(24,25)22-6-8-26-9-7-22/h1-5,10-11H,6-9H2,(H,20,21,23). The zero-order valence-electron chi connectivity index (χ0n) is 14.6. The van der Waals surface area contributed by atoms with Crippen LogP contribution in [0.5, 0.6) is 0 Å². The van der Waals surface area contributed by atoms with Gasteiger partial charge < -0.3 is 4.74 Å². The Bertz CT molecular complexity index is 1140. The van der Waals surface area contributed by atoms with E-state index >= 15 is 0 Å². The number of rotatable bonds is 4. The van der Waals surface area contributed by atoms with E-state index in [1.807, 2.05) is 0 Å². The number of carbonyl (C=O) groups is 1. The lowest BCUT2D eigenvalue weighted by atomic mass is 10.2. The third-order valence-electron chi connectivity index (χ3n) is 4.28. The molecule has 10 heteroatoms. The van der Waals surface area contributed by atoms with Crippen molar-refractivity contribution >= 4 is 42.6 Å². The van der Waals surface area contributed by atoms with Gasteiger partial charge in [0.15, 0.2) is 5.13 Å². The van der Waals surface area contributed by atoms with Crippen molar-refractivity contribution in [2.75, 3.05) is 31.6 Å². The zero-order valence-corrected chi connectivity index (χ0v) is 16.2. The molecule has 146 valence electrons. The molecule has 0 aliphatic carbocycles. The van der Waals surface area contributed by atoms with Crippen molar-refractivity contribution in [3.05, 3.63) is 53.8 Å². The molecule has 2 aromatic carbocycles. The maximum atomic E-state index is 13.3. The van der Waals surface area contributed by atoms with Gasteiger partial charge in [-0.25, -0.2) is 17.8 Å². The Kier molecular flexibility index (Phi) is 5.11. The highest BCUT2D eigenvalue weighted by Gasteiger charge is 2.26. The second-order valence-corrected chi connectivity index (χ2v) is 9.10. The van der Waals surface area contributed by atoms with Crippen LogP contribution in [0.1, 0.15) is 10.4 Å². The minimum absolute atomic E-state index is 0.175. The molecule has 0 radical (unpaired) electrons. The smallest absolute Gasteiger partial charge is 0.257 e. The van der Waals surface area contributed by atoms with Crippen LogP contribution in [-0.4, -0.2) is 49.9 Å². The minimum Gasteiger partial charge on any atom is -0.379 e. The van der Waals surface area contributed by atoms with Gasteiger partial charge in [-0.05, 0) is 36.4 Å². The number of fused-ring (bicyclic) bond motifs is 1. The Morgan fingerprint density at radius 1 is 1.18 bits per heavy atom. The van der Waals surface area contributed by atoms with Gasteiger partial charge in [-0.3, -0.25) is 10.1 Å². The average Bonchev–Trinajstić information content (AvgIpc) is 3.10. The quantitative estimate of drug-likeness (QED) is 0.700. The van der Waals surface area contributed by atoms with Gasteiger partial charge in [-0.1, -0.05) is 17.4 Å². The van der Waals surface area contributed by atoms with Crippen LogP contribution in [0.3, 0.4) is 0 Å². The molecule has 0 atom stereocenters. The van der Waals surface area contributed by atoms with E-state index in [0.29, 0.717) is 41.7 Å². The topological polar surface area (TPSA) is 88.6 Å². The maximum Gasteiger partial charge on any atom is 0.257 e. The molecule has 0 bridgehead atoms. The molecule has 0 saturated carbocycles. The number of hydrogen-bond donors (Lipinski definition) is 1. The van der Waals surface area contributed by atoms with Crippen molar-refractivity contribution < 1.29 is 22.3 Å². The number of nitrogens with one attached hydrogen (secondary N) is 1. The van der Waals surface area contributed by atoms with Crippen LogP contribution in [0, 0.1) is 5.82 Å². The number of carbonyl (C=O) groups excluding carboxylic acids is 1. The number of amides is 1. The summed E-state index contributed by atoms with van der Waals surface area (Å²) < 4.78 is 46.1. The van der Waals surface area contributed by atoms with Crippen LogP contribution in [-0.2, 0) is 14.8 Å². The van der Waals surface area contributed by atoms with E-state index in [2.05, 4.69) is 10.3 Å². The van der Waals surface area contributed by atoms with Gasteiger partial charge in [0.1, 0.15) is 5.82 Å². The van der Waals surface area contributed by atoms with Gasteiger partial charge in [0.25, 0.3) is 5.91 Å². The highest BCUT2D eigenvalue weighted by Crippen LogP contribution is 2.29. The number of morpholine rings is 1. The van der Waals surface area contributed by atoms with E-state index < -0.39 is 21.7 Å². The normalized spacial score (nSPS) is 15.6. The highest BCUT2D eigenvalue weighted by molar-refractivity contribution is 7.89. The fraction of sp³-hybridized carbons (Fsp3) is 0.222. The molecule has 1 aliphatic heterocycles. The van der Waals surface area contributed by atoms with Crippen molar-refractivity contribution in [1.29, 1.82) is 0 Å². The number of hydrogen-bond acceptors (Lipinski definition) is 6. The first-order chi connectivity index (χ1) is 13.4. The largest absolute Gasteiger partial charge is 0.379 e. The number of aromatic nitrogens is 1. The molecule has 28 heavy (non-hydrogen) atoms. The summed E-state index contributed by atoms with van der Waals surface area (Å²) in [6.45, 7) is 1.38. The number of sulfonamides is 1. The molecule has 1 amide bonds. The predicted octanol–water partition coefficient (Wildman–Crippen LogP) is 2.71. The first-order valence-electron chi connectivity index (χ1n) is 8.49. The molecule has 4 rings (SSSR count). The number of nitrogens with zero attached hydrogens (tertiary/aromatic N) is 2. The van der Waals surface area contributed by atoms with Crippen LogP contribution < -0.4 is 5.32 Å².